The van der Waals surface area contributed by atoms with Gasteiger partial charge in [0.05, 0.1) is 5.52 Å². The lowest BCUT2D eigenvalue weighted by Gasteiger charge is -2.07. The Labute approximate surface area is 127 Å². The summed E-state index contributed by atoms with van der Waals surface area (Å²) in [6.07, 6.45) is 0.669. The first kappa shape index (κ1) is 14.1. The molecule has 5 heteroatoms. The summed E-state index contributed by atoms with van der Waals surface area (Å²) in [5.41, 5.74) is 3.86. The fourth-order valence-electron chi connectivity index (χ4n) is 2.39. The third-order valence-corrected chi connectivity index (χ3v) is 3.57. The molecule has 0 aliphatic carbocycles. The molecular formula is C17H16N2O3. The second-order valence-electron chi connectivity index (χ2n) is 5.17. The molecule has 0 spiro atoms. The Morgan fingerprint density at radius 2 is 2.05 bits per heavy atom. The highest BCUT2D eigenvalue weighted by Gasteiger charge is 2.07. The van der Waals surface area contributed by atoms with Crippen molar-refractivity contribution in [1.29, 1.82) is 0 Å². The van der Waals surface area contributed by atoms with E-state index >= 15 is 0 Å². The monoisotopic (exact) mass is 296 g/mol. The van der Waals surface area contributed by atoms with Crippen molar-refractivity contribution in [2.75, 3.05) is 6.54 Å². The summed E-state index contributed by atoms with van der Waals surface area (Å²) in [5.74, 6) is -0.535. The lowest BCUT2D eigenvalue weighted by atomic mass is 10.1. The van der Waals surface area contributed by atoms with E-state index in [1.54, 1.807) is 6.07 Å². The zero-order chi connectivity index (χ0) is 15.5. The largest absolute Gasteiger partial charge is 0.417 e. The summed E-state index contributed by atoms with van der Waals surface area (Å²) in [5, 5.41) is 2.90. The third kappa shape index (κ3) is 2.93. The fourth-order valence-corrected chi connectivity index (χ4v) is 2.39. The third-order valence-electron chi connectivity index (χ3n) is 3.57. The van der Waals surface area contributed by atoms with Crippen LogP contribution in [-0.4, -0.2) is 17.4 Å². The Balaban J connectivity index is 1.63. The van der Waals surface area contributed by atoms with Gasteiger partial charge >= 0.3 is 5.76 Å². The normalized spacial score (nSPS) is 10.8. The molecule has 1 heterocycles. The van der Waals surface area contributed by atoms with Crippen LogP contribution in [0.3, 0.4) is 0 Å². The second kappa shape index (κ2) is 5.89. The summed E-state index contributed by atoms with van der Waals surface area (Å²) in [7, 11) is 0. The number of hydrogen-bond acceptors (Lipinski definition) is 3. The summed E-state index contributed by atoms with van der Waals surface area (Å²) in [6, 6.07) is 13.0. The number of fused-ring (bicyclic) bond motifs is 1. The van der Waals surface area contributed by atoms with E-state index in [-0.39, 0.29) is 5.91 Å². The van der Waals surface area contributed by atoms with Gasteiger partial charge in [-0.3, -0.25) is 9.78 Å². The van der Waals surface area contributed by atoms with Crippen LogP contribution in [0, 0.1) is 6.92 Å². The van der Waals surface area contributed by atoms with Crippen LogP contribution in [-0.2, 0) is 6.42 Å². The Bertz CT molecular complexity index is 877. The van der Waals surface area contributed by atoms with Crippen LogP contribution in [0.5, 0.6) is 0 Å². The van der Waals surface area contributed by atoms with Gasteiger partial charge < -0.3 is 9.73 Å². The van der Waals surface area contributed by atoms with Crippen molar-refractivity contribution < 1.29 is 9.21 Å². The number of rotatable bonds is 4. The molecule has 0 saturated carbocycles. The SMILES string of the molecule is Cc1ccccc1C(=O)NCCc1ccc2[nH]c(=O)oc2c1. The lowest BCUT2D eigenvalue weighted by molar-refractivity contribution is 0.0953. The van der Waals surface area contributed by atoms with Gasteiger partial charge in [-0.25, -0.2) is 4.79 Å². The van der Waals surface area contributed by atoms with Crippen molar-refractivity contribution in [3.8, 4) is 0 Å². The van der Waals surface area contributed by atoms with Gasteiger partial charge in [0.15, 0.2) is 5.58 Å². The zero-order valence-corrected chi connectivity index (χ0v) is 12.2. The van der Waals surface area contributed by atoms with E-state index < -0.39 is 5.76 Å². The van der Waals surface area contributed by atoms with E-state index in [1.807, 2.05) is 43.3 Å². The second-order valence-corrected chi connectivity index (χ2v) is 5.17. The number of nitrogens with one attached hydrogen (secondary N) is 2. The minimum Gasteiger partial charge on any atom is -0.408 e. The number of hydrogen-bond donors (Lipinski definition) is 2. The Hall–Kier alpha value is -2.82. The minimum atomic E-state index is -0.458. The number of aromatic amines is 1. The summed E-state index contributed by atoms with van der Waals surface area (Å²) in [4.78, 5) is 25.8. The van der Waals surface area contributed by atoms with Gasteiger partial charge in [0.25, 0.3) is 5.91 Å². The Kier molecular flexibility index (Phi) is 3.78. The van der Waals surface area contributed by atoms with Crippen LogP contribution >= 0.6 is 0 Å². The van der Waals surface area contributed by atoms with Crippen LogP contribution in [0.4, 0.5) is 0 Å². The van der Waals surface area contributed by atoms with Gasteiger partial charge in [-0.05, 0) is 42.7 Å². The fraction of sp³-hybridized carbons (Fsp3) is 0.176. The van der Waals surface area contributed by atoms with E-state index in [2.05, 4.69) is 10.3 Å². The van der Waals surface area contributed by atoms with Crippen LogP contribution < -0.4 is 11.1 Å². The molecule has 1 amide bonds. The van der Waals surface area contributed by atoms with E-state index in [4.69, 9.17) is 4.42 Å². The number of H-pyrrole nitrogens is 1. The summed E-state index contributed by atoms with van der Waals surface area (Å²) < 4.78 is 5.02. The van der Waals surface area contributed by atoms with E-state index in [1.165, 1.54) is 0 Å². The average Bonchev–Trinajstić information content (AvgIpc) is 2.87. The molecule has 3 aromatic rings. The molecule has 0 radical (unpaired) electrons. The maximum Gasteiger partial charge on any atom is 0.417 e. The van der Waals surface area contributed by atoms with Gasteiger partial charge in [-0.2, -0.15) is 0 Å². The molecule has 0 atom stereocenters. The molecule has 2 aromatic carbocycles. The Morgan fingerprint density at radius 3 is 2.86 bits per heavy atom. The van der Waals surface area contributed by atoms with Crippen LogP contribution in [0.15, 0.2) is 51.7 Å². The first-order valence-electron chi connectivity index (χ1n) is 7.09. The topological polar surface area (TPSA) is 75.1 Å². The molecule has 0 aliphatic rings. The molecule has 0 saturated heterocycles. The van der Waals surface area contributed by atoms with Gasteiger partial charge in [-0.1, -0.05) is 24.3 Å². The summed E-state index contributed by atoms with van der Waals surface area (Å²) in [6.45, 7) is 2.43. The van der Waals surface area contributed by atoms with E-state index in [0.29, 0.717) is 29.6 Å². The molecule has 1 aromatic heterocycles. The van der Waals surface area contributed by atoms with Crippen molar-refractivity contribution in [2.45, 2.75) is 13.3 Å². The number of benzene rings is 2. The molecule has 0 unspecified atom stereocenters. The maximum atomic E-state index is 12.1. The van der Waals surface area contributed by atoms with Gasteiger partial charge in [-0.15, -0.1) is 0 Å². The molecule has 112 valence electrons. The van der Waals surface area contributed by atoms with Gasteiger partial charge in [0.1, 0.15) is 0 Å². The Morgan fingerprint density at radius 1 is 1.23 bits per heavy atom. The predicted octanol–water partition coefficient (Wildman–Crippen LogP) is 2.40. The minimum absolute atomic E-state index is 0.0765. The molecule has 22 heavy (non-hydrogen) atoms. The quantitative estimate of drug-likeness (QED) is 0.776. The molecule has 0 fully saturated rings. The predicted molar refractivity (Wildman–Crippen MR) is 84.1 cm³/mol. The van der Waals surface area contributed by atoms with Gasteiger partial charge in [0, 0.05) is 12.1 Å². The highest BCUT2D eigenvalue weighted by Crippen LogP contribution is 2.12. The maximum absolute atomic E-state index is 12.1. The molecule has 5 nitrogen and oxygen atoms in total. The number of aromatic nitrogens is 1. The molecule has 0 aliphatic heterocycles. The highest BCUT2D eigenvalue weighted by molar-refractivity contribution is 5.95. The molecule has 3 rings (SSSR count). The molecular weight excluding hydrogens is 280 g/mol. The smallest absolute Gasteiger partial charge is 0.408 e. The number of carbonyl (C=O) groups is 1. The number of oxazole rings is 1. The highest BCUT2D eigenvalue weighted by atomic mass is 16.4. The van der Waals surface area contributed by atoms with Crippen LogP contribution in [0.1, 0.15) is 21.5 Å². The van der Waals surface area contributed by atoms with E-state index in [0.717, 1.165) is 11.1 Å². The zero-order valence-electron chi connectivity index (χ0n) is 12.2. The van der Waals surface area contributed by atoms with Crippen molar-refractivity contribution in [2.24, 2.45) is 0 Å². The summed E-state index contributed by atoms with van der Waals surface area (Å²) >= 11 is 0. The number of carbonyl (C=O) groups excluding carboxylic acids is 1. The van der Waals surface area contributed by atoms with Gasteiger partial charge in [0.2, 0.25) is 0 Å². The van der Waals surface area contributed by atoms with Crippen molar-refractivity contribution >= 4 is 17.0 Å². The number of amides is 1. The lowest BCUT2D eigenvalue weighted by Crippen LogP contribution is -2.26. The van der Waals surface area contributed by atoms with Crippen molar-refractivity contribution in [1.82, 2.24) is 10.3 Å². The average molecular weight is 296 g/mol. The standard InChI is InChI=1S/C17H16N2O3/c1-11-4-2-3-5-13(11)16(20)18-9-8-12-6-7-14-15(10-12)22-17(21)19-14/h2-7,10H,8-9H2,1H3,(H,18,20)(H,19,21). The van der Waals surface area contributed by atoms with Crippen molar-refractivity contribution in [3.05, 3.63) is 69.7 Å². The molecule has 0 bridgehead atoms. The molecule has 2 N–H and O–H groups in total. The first-order valence-corrected chi connectivity index (χ1v) is 7.09. The number of aryl methyl sites for hydroxylation is 1. The van der Waals surface area contributed by atoms with Crippen molar-refractivity contribution in [3.63, 3.8) is 0 Å². The van der Waals surface area contributed by atoms with Crippen LogP contribution in [0.2, 0.25) is 0 Å². The van der Waals surface area contributed by atoms with Crippen LogP contribution in [0.25, 0.3) is 11.1 Å². The first-order chi connectivity index (χ1) is 10.6. The van der Waals surface area contributed by atoms with E-state index in [9.17, 15) is 9.59 Å².